The third-order valence-corrected chi connectivity index (χ3v) is 1.91. The van der Waals surface area contributed by atoms with Crippen molar-refractivity contribution in [2.75, 3.05) is 14.1 Å². The first kappa shape index (κ1) is 9.92. The molecule has 0 saturated heterocycles. The van der Waals surface area contributed by atoms with Crippen LogP contribution in [0.5, 0.6) is 0 Å². The van der Waals surface area contributed by atoms with E-state index in [0.29, 0.717) is 12.1 Å². The summed E-state index contributed by atoms with van der Waals surface area (Å²) in [5, 5.41) is 0. The summed E-state index contributed by atoms with van der Waals surface area (Å²) in [7, 11) is 3.88. The van der Waals surface area contributed by atoms with Crippen molar-refractivity contribution in [2.45, 2.75) is 20.4 Å². The molecule has 1 rings (SSSR count). The molecule has 0 aliphatic carbocycles. The molecule has 4 heteroatoms. The normalized spacial score (nSPS) is 10.8. The minimum atomic E-state index is -0.0376. The molecule has 0 radical (unpaired) electrons. The first-order valence-electron chi connectivity index (χ1n) is 4.22. The van der Waals surface area contributed by atoms with Gasteiger partial charge in [-0.05, 0) is 27.9 Å². The van der Waals surface area contributed by atoms with Gasteiger partial charge in [0.2, 0.25) is 0 Å². The summed E-state index contributed by atoms with van der Waals surface area (Å²) in [6.45, 7) is 4.29. The molecule has 1 aromatic rings. The fourth-order valence-corrected chi connectivity index (χ4v) is 1.08. The molecule has 13 heavy (non-hydrogen) atoms. The molecule has 0 amide bonds. The second-order valence-corrected chi connectivity index (χ2v) is 3.46. The monoisotopic (exact) mass is 181 g/mol. The first-order valence-corrected chi connectivity index (χ1v) is 4.22. The van der Waals surface area contributed by atoms with E-state index < -0.39 is 0 Å². The fraction of sp³-hybridized carbons (Fsp3) is 0.556. The summed E-state index contributed by atoms with van der Waals surface area (Å²) in [4.78, 5) is 20.3. The van der Waals surface area contributed by atoms with Crippen molar-refractivity contribution in [1.82, 2.24) is 14.9 Å². The average molecular weight is 181 g/mol. The van der Waals surface area contributed by atoms with Crippen LogP contribution < -0.4 is 5.56 Å². The van der Waals surface area contributed by atoms with Gasteiger partial charge in [0.15, 0.2) is 0 Å². The molecule has 0 saturated carbocycles. The maximum absolute atomic E-state index is 11.3. The molecule has 1 aromatic heterocycles. The lowest BCUT2D eigenvalue weighted by molar-refractivity contribution is 0.389. The van der Waals surface area contributed by atoms with Crippen molar-refractivity contribution < 1.29 is 0 Å². The summed E-state index contributed by atoms with van der Waals surface area (Å²) in [5.41, 5.74) is 1.47. The topological polar surface area (TPSA) is 49.0 Å². The Morgan fingerprint density at radius 2 is 2.00 bits per heavy atom. The molecule has 0 unspecified atom stereocenters. The van der Waals surface area contributed by atoms with Gasteiger partial charge in [0, 0.05) is 11.3 Å². The van der Waals surface area contributed by atoms with Gasteiger partial charge in [-0.15, -0.1) is 0 Å². The van der Waals surface area contributed by atoms with Crippen molar-refractivity contribution in [3.63, 3.8) is 0 Å². The maximum atomic E-state index is 11.3. The van der Waals surface area contributed by atoms with Gasteiger partial charge in [-0.1, -0.05) is 0 Å². The zero-order valence-corrected chi connectivity index (χ0v) is 8.51. The molecule has 0 aliphatic rings. The molecule has 1 N–H and O–H groups in total. The molecule has 0 bridgehead atoms. The molecular weight excluding hydrogens is 166 g/mol. The van der Waals surface area contributed by atoms with E-state index in [1.165, 1.54) is 0 Å². The van der Waals surface area contributed by atoms with Crippen molar-refractivity contribution >= 4 is 0 Å². The zero-order chi connectivity index (χ0) is 10.0. The number of aromatic nitrogens is 2. The standard InChI is InChI=1S/C9H15N3O/c1-6-7(2)10-8(5-12(3)4)11-9(6)13/h5H2,1-4H3,(H,10,11,13). The Bertz CT molecular complexity index is 354. The number of aryl methyl sites for hydroxylation is 1. The van der Waals surface area contributed by atoms with Gasteiger partial charge < -0.3 is 9.88 Å². The van der Waals surface area contributed by atoms with Gasteiger partial charge >= 0.3 is 0 Å². The molecule has 0 fully saturated rings. The number of aromatic amines is 1. The Morgan fingerprint density at radius 3 is 2.46 bits per heavy atom. The van der Waals surface area contributed by atoms with Crippen LogP contribution in [0, 0.1) is 13.8 Å². The van der Waals surface area contributed by atoms with E-state index >= 15 is 0 Å². The summed E-state index contributed by atoms with van der Waals surface area (Å²) >= 11 is 0. The third kappa shape index (κ3) is 2.39. The smallest absolute Gasteiger partial charge is 0.254 e. The zero-order valence-electron chi connectivity index (χ0n) is 8.51. The highest BCUT2D eigenvalue weighted by atomic mass is 16.1. The number of nitrogens with one attached hydrogen (secondary N) is 1. The minimum absolute atomic E-state index is 0.0376. The highest BCUT2D eigenvalue weighted by Crippen LogP contribution is 1.97. The van der Waals surface area contributed by atoms with E-state index in [9.17, 15) is 4.79 Å². The number of rotatable bonds is 2. The maximum Gasteiger partial charge on any atom is 0.254 e. The highest BCUT2D eigenvalue weighted by molar-refractivity contribution is 5.13. The first-order chi connectivity index (χ1) is 6.00. The average Bonchev–Trinajstić information content (AvgIpc) is 1.98. The van der Waals surface area contributed by atoms with Crippen LogP contribution in [-0.4, -0.2) is 29.0 Å². The van der Waals surface area contributed by atoms with Crippen LogP contribution in [-0.2, 0) is 6.54 Å². The summed E-state index contributed by atoms with van der Waals surface area (Å²) in [6, 6.07) is 0. The largest absolute Gasteiger partial charge is 0.309 e. The van der Waals surface area contributed by atoms with Crippen LogP contribution in [0.1, 0.15) is 17.1 Å². The predicted molar refractivity (Wildman–Crippen MR) is 51.7 cm³/mol. The Balaban J connectivity index is 3.06. The summed E-state index contributed by atoms with van der Waals surface area (Å²) in [5.74, 6) is 0.720. The molecule has 0 aliphatic heterocycles. The van der Waals surface area contributed by atoms with E-state index in [0.717, 1.165) is 11.5 Å². The minimum Gasteiger partial charge on any atom is -0.309 e. The molecule has 72 valence electrons. The van der Waals surface area contributed by atoms with Crippen molar-refractivity contribution in [3.05, 3.63) is 27.4 Å². The van der Waals surface area contributed by atoms with Crippen molar-refractivity contribution in [2.24, 2.45) is 0 Å². The van der Waals surface area contributed by atoms with Crippen LogP contribution >= 0.6 is 0 Å². The lowest BCUT2D eigenvalue weighted by Crippen LogP contribution is -2.21. The molecule has 1 heterocycles. The molecule has 0 aromatic carbocycles. The molecular formula is C9H15N3O. The van der Waals surface area contributed by atoms with Gasteiger partial charge in [0.25, 0.3) is 5.56 Å². The van der Waals surface area contributed by atoms with Crippen molar-refractivity contribution in [1.29, 1.82) is 0 Å². The van der Waals surface area contributed by atoms with E-state index in [4.69, 9.17) is 0 Å². The fourth-order valence-electron chi connectivity index (χ4n) is 1.08. The highest BCUT2D eigenvalue weighted by Gasteiger charge is 2.03. The molecule has 0 atom stereocenters. The number of nitrogens with zero attached hydrogens (tertiary/aromatic N) is 2. The van der Waals surface area contributed by atoms with E-state index in [1.54, 1.807) is 6.92 Å². The number of hydrogen-bond donors (Lipinski definition) is 1. The Kier molecular flexibility index (Phi) is 2.83. The van der Waals surface area contributed by atoms with Gasteiger partial charge in [-0.25, -0.2) is 4.98 Å². The second-order valence-electron chi connectivity index (χ2n) is 3.46. The van der Waals surface area contributed by atoms with Crippen LogP contribution in [0.3, 0.4) is 0 Å². The van der Waals surface area contributed by atoms with Gasteiger partial charge in [0.05, 0.1) is 6.54 Å². The lowest BCUT2D eigenvalue weighted by atomic mass is 10.3. The quantitative estimate of drug-likeness (QED) is 0.720. The van der Waals surface area contributed by atoms with E-state index in [2.05, 4.69) is 9.97 Å². The van der Waals surface area contributed by atoms with E-state index in [1.807, 2.05) is 25.9 Å². The Labute approximate surface area is 77.6 Å². The second kappa shape index (κ2) is 3.70. The SMILES string of the molecule is Cc1nc(CN(C)C)[nH]c(=O)c1C. The summed E-state index contributed by atoms with van der Waals surface area (Å²) < 4.78 is 0. The number of hydrogen-bond acceptors (Lipinski definition) is 3. The molecule has 4 nitrogen and oxygen atoms in total. The van der Waals surface area contributed by atoms with Crippen LogP contribution in [0.25, 0.3) is 0 Å². The van der Waals surface area contributed by atoms with Gasteiger partial charge in [-0.3, -0.25) is 4.79 Å². The third-order valence-electron chi connectivity index (χ3n) is 1.91. The Hall–Kier alpha value is -1.16. The predicted octanol–water partition coefficient (Wildman–Crippen LogP) is 0.448. The van der Waals surface area contributed by atoms with Crippen molar-refractivity contribution in [3.8, 4) is 0 Å². The van der Waals surface area contributed by atoms with Crippen LogP contribution in [0.4, 0.5) is 0 Å². The van der Waals surface area contributed by atoms with E-state index in [-0.39, 0.29) is 5.56 Å². The number of H-pyrrole nitrogens is 1. The van der Waals surface area contributed by atoms with Crippen LogP contribution in [0.15, 0.2) is 4.79 Å². The lowest BCUT2D eigenvalue weighted by Gasteiger charge is -2.09. The van der Waals surface area contributed by atoms with Crippen LogP contribution in [0.2, 0.25) is 0 Å². The van der Waals surface area contributed by atoms with Gasteiger partial charge in [-0.2, -0.15) is 0 Å². The molecule has 0 spiro atoms. The Morgan fingerprint density at radius 1 is 1.38 bits per heavy atom. The van der Waals surface area contributed by atoms with Gasteiger partial charge in [0.1, 0.15) is 5.82 Å². The summed E-state index contributed by atoms with van der Waals surface area (Å²) in [6.07, 6.45) is 0.